The van der Waals surface area contributed by atoms with Crippen LogP contribution in [-0.4, -0.2) is 51.8 Å². The van der Waals surface area contributed by atoms with Crippen LogP contribution in [0.3, 0.4) is 0 Å². The standard InChI is InChI=1S/C33H39BN6O3/c1-9-26(28-25(18(2)3)10-11-27(41)29(28)34)38-30(19(4)5)32(42)37-24-16-36-40(17-24)22(8)23-14-21(7)31(35-15-23)39-13-12-20(6)33(39)43/h9-11,14-18,20,22,41H,4,12-13H2,1-3,5-8H3,(H,37,42)/b26-9-,38-30?/t20-,22?/m1/s1. The van der Waals surface area contributed by atoms with E-state index in [1.54, 1.807) is 54.2 Å². The minimum atomic E-state index is -0.449. The molecular formula is C33H39BN6O3. The van der Waals surface area contributed by atoms with Crippen LogP contribution in [0, 0.1) is 12.8 Å². The maximum absolute atomic E-state index is 13.4. The van der Waals surface area contributed by atoms with E-state index in [2.05, 4.69) is 27.0 Å². The Morgan fingerprint density at radius 1 is 1.28 bits per heavy atom. The largest absolute Gasteiger partial charge is 0.509 e. The molecule has 2 radical (unpaired) electrons. The molecule has 1 aliphatic rings. The van der Waals surface area contributed by atoms with Crippen LogP contribution in [0.4, 0.5) is 11.5 Å². The van der Waals surface area contributed by atoms with Crippen molar-refractivity contribution in [3.05, 3.63) is 77.3 Å². The number of aliphatic imine (C=N–C) groups is 1. The summed E-state index contributed by atoms with van der Waals surface area (Å²) in [5.41, 5.74) is 5.10. The lowest BCUT2D eigenvalue weighted by Gasteiger charge is -2.20. The maximum Gasteiger partial charge on any atom is 0.274 e. The van der Waals surface area contributed by atoms with Gasteiger partial charge >= 0.3 is 0 Å². The van der Waals surface area contributed by atoms with Crippen LogP contribution in [0.2, 0.25) is 0 Å². The molecule has 1 unspecified atom stereocenters. The third-order valence-corrected chi connectivity index (χ3v) is 7.80. The third kappa shape index (κ3) is 6.48. The lowest BCUT2D eigenvalue weighted by atomic mass is 9.82. The normalized spacial score (nSPS) is 16.6. The Kier molecular flexibility index (Phi) is 9.38. The van der Waals surface area contributed by atoms with Crippen molar-refractivity contribution in [2.45, 2.75) is 66.8 Å². The van der Waals surface area contributed by atoms with Crippen LogP contribution in [0.15, 0.2) is 60.0 Å². The lowest BCUT2D eigenvalue weighted by molar-refractivity contribution is -0.120. The van der Waals surface area contributed by atoms with Gasteiger partial charge in [-0.3, -0.25) is 19.2 Å². The SMILES string of the molecule is [B]c1c(O)ccc(C(C)C)c1/C(=C/C)N=C(C(=C)C)C(=O)Nc1cnn(C(C)c2cnc(N3CC[C@@H](C)C3=O)c(C)c2)c1. The minimum absolute atomic E-state index is 0.0138. The van der Waals surface area contributed by atoms with Crippen molar-refractivity contribution in [2.75, 3.05) is 16.8 Å². The van der Waals surface area contributed by atoms with E-state index in [1.165, 1.54) is 0 Å². The van der Waals surface area contributed by atoms with Crippen LogP contribution in [0.5, 0.6) is 5.75 Å². The number of hydrogen-bond donors (Lipinski definition) is 2. The summed E-state index contributed by atoms with van der Waals surface area (Å²) in [6, 6.07) is 5.23. The quantitative estimate of drug-likeness (QED) is 0.268. The number of nitrogens with zero attached hydrogens (tertiary/aromatic N) is 5. The summed E-state index contributed by atoms with van der Waals surface area (Å²) in [5.74, 6) is 0.429. The number of aromatic nitrogens is 3. The first-order valence-electron chi connectivity index (χ1n) is 14.5. The molecule has 43 heavy (non-hydrogen) atoms. The molecule has 0 bridgehead atoms. The first-order chi connectivity index (χ1) is 20.3. The third-order valence-electron chi connectivity index (χ3n) is 7.80. The minimum Gasteiger partial charge on any atom is -0.509 e. The van der Waals surface area contributed by atoms with E-state index in [-0.39, 0.29) is 40.7 Å². The molecule has 0 spiro atoms. The number of anilines is 2. The fraction of sp³-hybridized carbons (Fsp3) is 0.364. The lowest BCUT2D eigenvalue weighted by Crippen LogP contribution is -2.28. The molecular weight excluding hydrogens is 539 g/mol. The van der Waals surface area contributed by atoms with Gasteiger partial charge in [-0.25, -0.2) is 9.98 Å². The summed E-state index contributed by atoms with van der Waals surface area (Å²) in [5, 5.41) is 17.6. The average molecular weight is 579 g/mol. The zero-order chi connectivity index (χ0) is 31.6. The maximum atomic E-state index is 13.4. The highest BCUT2D eigenvalue weighted by Gasteiger charge is 2.31. The Morgan fingerprint density at radius 3 is 2.58 bits per heavy atom. The fourth-order valence-corrected chi connectivity index (χ4v) is 5.21. The number of rotatable bonds is 9. The topological polar surface area (TPSA) is 113 Å². The number of aromatic hydroxyl groups is 1. The second-order valence-corrected chi connectivity index (χ2v) is 11.5. The molecule has 4 rings (SSSR count). The highest BCUT2D eigenvalue weighted by molar-refractivity contribution is 6.49. The fourth-order valence-electron chi connectivity index (χ4n) is 5.21. The molecule has 3 aromatic rings. The Balaban J connectivity index is 1.55. The number of phenols is 1. The van der Waals surface area contributed by atoms with E-state index in [0.29, 0.717) is 34.9 Å². The summed E-state index contributed by atoms with van der Waals surface area (Å²) in [6.07, 6.45) is 7.68. The Morgan fingerprint density at radius 2 is 2.00 bits per heavy atom. The van der Waals surface area contributed by atoms with E-state index in [0.717, 1.165) is 23.1 Å². The number of amides is 2. The molecule has 1 aromatic carbocycles. The van der Waals surface area contributed by atoms with Crippen LogP contribution in [0.1, 0.15) is 82.2 Å². The van der Waals surface area contributed by atoms with Gasteiger partial charge in [0.25, 0.3) is 5.91 Å². The molecule has 2 amide bonds. The Bertz CT molecular complexity index is 1640. The van der Waals surface area contributed by atoms with Gasteiger partial charge in [-0.05, 0) is 85.5 Å². The Labute approximate surface area is 254 Å². The number of phenolic OH excluding ortho intramolecular Hbond substituents is 1. The Hall–Kier alpha value is -4.47. The van der Waals surface area contributed by atoms with Gasteiger partial charge in [0.15, 0.2) is 0 Å². The van der Waals surface area contributed by atoms with Crippen molar-refractivity contribution < 1.29 is 14.7 Å². The second-order valence-electron chi connectivity index (χ2n) is 11.5. The number of allylic oxidation sites excluding steroid dienone is 1. The van der Waals surface area contributed by atoms with E-state index < -0.39 is 5.91 Å². The zero-order valence-corrected chi connectivity index (χ0v) is 26.0. The highest BCUT2D eigenvalue weighted by atomic mass is 16.3. The van der Waals surface area contributed by atoms with E-state index >= 15 is 0 Å². The molecule has 0 saturated carbocycles. The van der Waals surface area contributed by atoms with Gasteiger partial charge in [0.1, 0.15) is 25.1 Å². The summed E-state index contributed by atoms with van der Waals surface area (Å²) >= 11 is 0. The predicted octanol–water partition coefficient (Wildman–Crippen LogP) is 5.21. The molecule has 2 N–H and O–H groups in total. The van der Waals surface area contributed by atoms with Crippen molar-refractivity contribution in [3.8, 4) is 5.75 Å². The van der Waals surface area contributed by atoms with E-state index in [9.17, 15) is 14.7 Å². The molecule has 3 heterocycles. The molecule has 1 fully saturated rings. The second kappa shape index (κ2) is 12.8. The average Bonchev–Trinajstić information content (AvgIpc) is 3.56. The van der Waals surface area contributed by atoms with E-state index in [4.69, 9.17) is 7.85 Å². The first kappa shape index (κ1) is 31.5. The van der Waals surface area contributed by atoms with Crippen LogP contribution < -0.4 is 15.7 Å². The van der Waals surface area contributed by atoms with Gasteiger partial charge in [-0.1, -0.05) is 39.5 Å². The van der Waals surface area contributed by atoms with Crippen LogP contribution in [-0.2, 0) is 9.59 Å². The smallest absolute Gasteiger partial charge is 0.274 e. The summed E-state index contributed by atoms with van der Waals surface area (Å²) < 4.78 is 1.74. The molecule has 222 valence electrons. The van der Waals surface area contributed by atoms with Crippen molar-refractivity contribution in [1.82, 2.24) is 14.8 Å². The van der Waals surface area contributed by atoms with Gasteiger partial charge in [-0.2, -0.15) is 5.10 Å². The number of pyridine rings is 1. The number of hydrogen-bond acceptors (Lipinski definition) is 6. The van der Waals surface area contributed by atoms with Crippen molar-refractivity contribution in [3.63, 3.8) is 0 Å². The number of aryl methyl sites for hydroxylation is 1. The van der Waals surface area contributed by atoms with E-state index in [1.807, 2.05) is 46.8 Å². The zero-order valence-electron chi connectivity index (χ0n) is 26.0. The summed E-state index contributed by atoms with van der Waals surface area (Å²) in [4.78, 5) is 37.0. The molecule has 2 atom stereocenters. The summed E-state index contributed by atoms with van der Waals surface area (Å²) in [6.45, 7) is 18.1. The molecule has 10 heteroatoms. The van der Waals surface area contributed by atoms with Crippen LogP contribution in [0.25, 0.3) is 5.70 Å². The van der Waals surface area contributed by atoms with Gasteiger partial charge in [-0.15, -0.1) is 0 Å². The van der Waals surface area contributed by atoms with Crippen molar-refractivity contribution in [2.24, 2.45) is 10.9 Å². The highest BCUT2D eigenvalue weighted by Crippen LogP contribution is 2.30. The van der Waals surface area contributed by atoms with Gasteiger partial charge in [0, 0.05) is 24.9 Å². The van der Waals surface area contributed by atoms with Crippen molar-refractivity contribution >= 4 is 48.0 Å². The molecule has 0 aliphatic carbocycles. The van der Waals surface area contributed by atoms with Gasteiger partial charge in [0.2, 0.25) is 5.91 Å². The molecule has 1 aliphatic heterocycles. The first-order valence-corrected chi connectivity index (χ1v) is 14.5. The number of carbonyl (C=O) groups excluding carboxylic acids is 2. The monoisotopic (exact) mass is 578 g/mol. The summed E-state index contributed by atoms with van der Waals surface area (Å²) in [7, 11) is 6.27. The predicted molar refractivity (Wildman–Crippen MR) is 173 cm³/mol. The number of nitrogens with one attached hydrogen (secondary N) is 1. The molecule has 1 saturated heterocycles. The van der Waals surface area contributed by atoms with Gasteiger partial charge in [0.05, 0.1) is 23.6 Å². The molecule has 2 aromatic heterocycles. The van der Waals surface area contributed by atoms with Crippen LogP contribution >= 0.6 is 0 Å². The number of carbonyl (C=O) groups is 2. The van der Waals surface area contributed by atoms with Gasteiger partial charge < -0.3 is 10.4 Å². The van der Waals surface area contributed by atoms with Crippen molar-refractivity contribution in [1.29, 1.82) is 0 Å². The number of benzene rings is 1. The molecule has 9 nitrogen and oxygen atoms in total.